The molecule has 0 aliphatic heterocycles. The zero-order valence-electron chi connectivity index (χ0n) is 14.4. The van der Waals surface area contributed by atoms with Crippen LogP contribution in [0.2, 0.25) is 0 Å². The van der Waals surface area contributed by atoms with Gasteiger partial charge >= 0.3 is 11.9 Å². The van der Waals surface area contributed by atoms with E-state index in [2.05, 4.69) is 5.32 Å². The lowest BCUT2D eigenvalue weighted by Crippen LogP contribution is -2.43. The Hall–Kier alpha value is -1.32. The van der Waals surface area contributed by atoms with Crippen molar-refractivity contribution in [3.05, 3.63) is 0 Å². The quantitative estimate of drug-likeness (QED) is 0.302. The molecule has 0 saturated heterocycles. The standard InChI is InChI=1S/C15H29N3O5S/c1-11(19)22-8-13(23-12(2)20)9-24-10-14(17)15(21)18-7-5-3-4-6-16/h13-14H,3-10,16-17H2,1-2H3,(H,18,21). The third kappa shape index (κ3) is 13.1. The molecule has 5 N–H and O–H groups in total. The van der Waals surface area contributed by atoms with E-state index in [0.29, 0.717) is 24.6 Å². The summed E-state index contributed by atoms with van der Waals surface area (Å²) < 4.78 is 9.90. The number of carbonyl (C=O) groups is 3. The summed E-state index contributed by atoms with van der Waals surface area (Å²) in [4.78, 5) is 33.7. The topological polar surface area (TPSA) is 134 Å². The van der Waals surface area contributed by atoms with Crippen LogP contribution in [0, 0.1) is 0 Å². The molecule has 0 saturated carbocycles. The summed E-state index contributed by atoms with van der Waals surface area (Å²) in [6.07, 6.45) is 2.24. The fourth-order valence-corrected chi connectivity index (χ4v) is 2.72. The Morgan fingerprint density at radius 2 is 1.79 bits per heavy atom. The maximum atomic E-state index is 11.8. The first-order valence-corrected chi connectivity index (χ1v) is 9.14. The number of carbonyl (C=O) groups excluding carboxylic acids is 3. The molecule has 0 aromatic carbocycles. The lowest BCUT2D eigenvalue weighted by molar-refractivity contribution is -0.154. The molecule has 0 aliphatic rings. The molecular weight excluding hydrogens is 334 g/mol. The van der Waals surface area contributed by atoms with E-state index in [1.54, 1.807) is 0 Å². The van der Waals surface area contributed by atoms with Crippen LogP contribution in [-0.4, -0.2) is 61.2 Å². The van der Waals surface area contributed by atoms with Crippen molar-refractivity contribution in [2.45, 2.75) is 45.3 Å². The fraction of sp³-hybridized carbons (Fsp3) is 0.800. The molecule has 0 aliphatic carbocycles. The summed E-state index contributed by atoms with van der Waals surface area (Å²) in [6, 6.07) is -0.642. The Bertz CT molecular complexity index is 395. The minimum Gasteiger partial charge on any atom is -0.462 e. The largest absolute Gasteiger partial charge is 0.462 e. The number of amides is 1. The van der Waals surface area contributed by atoms with Crippen molar-refractivity contribution in [1.82, 2.24) is 5.32 Å². The minimum absolute atomic E-state index is 0.00943. The first-order valence-electron chi connectivity index (χ1n) is 7.98. The molecule has 0 aromatic heterocycles. The molecule has 24 heavy (non-hydrogen) atoms. The van der Waals surface area contributed by atoms with Crippen molar-refractivity contribution in [3.8, 4) is 0 Å². The number of hydrogen-bond acceptors (Lipinski definition) is 8. The highest BCUT2D eigenvalue weighted by atomic mass is 32.2. The molecule has 8 nitrogen and oxygen atoms in total. The second-order valence-electron chi connectivity index (χ2n) is 5.32. The molecule has 0 aromatic rings. The van der Waals surface area contributed by atoms with Crippen LogP contribution in [0.15, 0.2) is 0 Å². The monoisotopic (exact) mass is 363 g/mol. The van der Waals surface area contributed by atoms with Gasteiger partial charge in [-0.15, -0.1) is 0 Å². The summed E-state index contributed by atoms with van der Waals surface area (Å²) in [7, 11) is 0. The molecule has 1 amide bonds. The maximum absolute atomic E-state index is 11.8. The van der Waals surface area contributed by atoms with Gasteiger partial charge in [-0.3, -0.25) is 14.4 Å². The summed E-state index contributed by atoms with van der Waals surface area (Å²) in [5, 5.41) is 2.78. The van der Waals surface area contributed by atoms with E-state index in [-0.39, 0.29) is 12.5 Å². The van der Waals surface area contributed by atoms with Crippen LogP contribution < -0.4 is 16.8 Å². The van der Waals surface area contributed by atoms with Gasteiger partial charge in [0.05, 0.1) is 6.04 Å². The highest BCUT2D eigenvalue weighted by molar-refractivity contribution is 7.99. The van der Waals surface area contributed by atoms with E-state index in [9.17, 15) is 14.4 Å². The van der Waals surface area contributed by atoms with E-state index in [4.69, 9.17) is 20.9 Å². The van der Waals surface area contributed by atoms with Crippen LogP contribution in [0.1, 0.15) is 33.1 Å². The number of esters is 2. The summed E-state index contributed by atoms with van der Waals surface area (Å²) in [5.74, 6) is -0.328. The van der Waals surface area contributed by atoms with Crippen LogP contribution >= 0.6 is 11.8 Å². The number of ether oxygens (including phenoxy) is 2. The van der Waals surface area contributed by atoms with E-state index in [1.807, 2.05) is 0 Å². The van der Waals surface area contributed by atoms with Gasteiger partial charge in [-0.1, -0.05) is 6.42 Å². The Morgan fingerprint density at radius 3 is 2.38 bits per heavy atom. The molecule has 2 atom stereocenters. The van der Waals surface area contributed by atoms with Gasteiger partial charge in [-0.05, 0) is 19.4 Å². The van der Waals surface area contributed by atoms with Gasteiger partial charge in [0.1, 0.15) is 12.7 Å². The van der Waals surface area contributed by atoms with Crippen molar-refractivity contribution < 1.29 is 23.9 Å². The molecule has 9 heteroatoms. The van der Waals surface area contributed by atoms with E-state index >= 15 is 0 Å². The van der Waals surface area contributed by atoms with Crippen LogP contribution in [0.4, 0.5) is 0 Å². The van der Waals surface area contributed by atoms with Crippen LogP contribution in [0.3, 0.4) is 0 Å². The molecule has 0 bridgehead atoms. The molecule has 0 radical (unpaired) electrons. The lowest BCUT2D eigenvalue weighted by atomic mass is 10.2. The molecule has 140 valence electrons. The van der Waals surface area contributed by atoms with Gasteiger partial charge in [0.25, 0.3) is 0 Å². The number of unbranched alkanes of at least 4 members (excludes halogenated alkanes) is 2. The van der Waals surface area contributed by atoms with Crippen molar-refractivity contribution in [2.24, 2.45) is 11.5 Å². The average molecular weight is 363 g/mol. The average Bonchev–Trinajstić information content (AvgIpc) is 2.51. The first kappa shape index (κ1) is 22.7. The summed E-state index contributed by atoms with van der Waals surface area (Å²) >= 11 is 1.37. The normalized spacial score (nSPS) is 13.0. The van der Waals surface area contributed by atoms with Gasteiger partial charge < -0.3 is 26.3 Å². The number of rotatable bonds is 13. The van der Waals surface area contributed by atoms with Crippen LogP contribution in [-0.2, 0) is 23.9 Å². The van der Waals surface area contributed by atoms with E-state index in [1.165, 1.54) is 25.6 Å². The molecule has 0 fully saturated rings. The van der Waals surface area contributed by atoms with Gasteiger partial charge in [-0.25, -0.2) is 0 Å². The predicted octanol–water partition coefficient (Wildman–Crippen LogP) is -0.213. The summed E-state index contributed by atoms with van der Waals surface area (Å²) in [5.41, 5.74) is 11.2. The van der Waals surface area contributed by atoms with Gasteiger partial charge in [0, 0.05) is 31.9 Å². The van der Waals surface area contributed by atoms with Crippen molar-refractivity contribution >= 4 is 29.6 Å². The first-order chi connectivity index (χ1) is 11.4. The zero-order chi connectivity index (χ0) is 18.4. The Balaban J connectivity index is 3.98. The molecule has 0 spiro atoms. The van der Waals surface area contributed by atoms with Crippen molar-refractivity contribution in [2.75, 3.05) is 31.2 Å². The predicted molar refractivity (Wildman–Crippen MR) is 93.4 cm³/mol. The Labute approximate surface area is 147 Å². The van der Waals surface area contributed by atoms with Gasteiger partial charge in [0.2, 0.25) is 5.91 Å². The van der Waals surface area contributed by atoms with E-state index in [0.717, 1.165) is 19.3 Å². The number of thioether (sulfide) groups is 1. The Kier molecular flexibility index (Phi) is 13.3. The molecule has 2 unspecified atom stereocenters. The highest BCUT2D eigenvalue weighted by Gasteiger charge is 2.17. The fourth-order valence-electron chi connectivity index (χ4n) is 1.75. The van der Waals surface area contributed by atoms with Crippen LogP contribution in [0.25, 0.3) is 0 Å². The van der Waals surface area contributed by atoms with Crippen molar-refractivity contribution in [3.63, 3.8) is 0 Å². The van der Waals surface area contributed by atoms with Gasteiger partial charge in [0.15, 0.2) is 0 Å². The Morgan fingerprint density at radius 1 is 1.08 bits per heavy atom. The number of nitrogens with two attached hydrogens (primary N) is 2. The third-order valence-corrected chi connectivity index (χ3v) is 4.13. The smallest absolute Gasteiger partial charge is 0.303 e. The zero-order valence-corrected chi connectivity index (χ0v) is 15.2. The third-order valence-electron chi connectivity index (χ3n) is 2.92. The maximum Gasteiger partial charge on any atom is 0.303 e. The lowest BCUT2D eigenvalue weighted by Gasteiger charge is -2.17. The molecule has 0 rings (SSSR count). The molecular formula is C15H29N3O5S. The van der Waals surface area contributed by atoms with Crippen molar-refractivity contribution in [1.29, 1.82) is 0 Å². The SMILES string of the molecule is CC(=O)OCC(CSCC(N)C(=O)NCCCCCN)OC(C)=O. The highest BCUT2D eigenvalue weighted by Crippen LogP contribution is 2.09. The number of hydrogen-bond donors (Lipinski definition) is 3. The van der Waals surface area contributed by atoms with Gasteiger partial charge in [-0.2, -0.15) is 11.8 Å². The van der Waals surface area contributed by atoms with E-state index < -0.39 is 24.1 Å². The number of nitrogens with one attached hydrogen (secondary N) is 1. The summed E-state index contributed by atoms with van der Waals surface area (Å²) in [6.45, 7) is 3.80. The van der Waals surface area contributed by atoms with Crippen LogP contribution in [0.5, 0.6) is 0 Å². The molecule has 0 heterocycles. The second kappa shape index (κ2) is 14.1. The minimum atomic E-state index is -0.642. The second-order valence-corrected chi connectivity index (χ2v) is 6.39.